The highest BCUT2D eigenvalue weighted by Crippen LogP contribution is 2.26. The third-order valence-electron chi connectivity index (χ3n) is 4.22. The Labute approximate surface area is 156 Å². The number of aldehydes is 1. The number of nitrogens with one attached hydrogen (secondary N) is 2. The van der Waals surface area contributed by atoms with E-state index in [-0.39, 0.29) is 6.03 Å². The van der Waals surface area contributed by atoms with Crippen LogP contribution in [-0.2, 0) is 11.2 Å². The van der Waals surface area contributed by atoms with E-state index in [0.717, 1.165) is 18.4 Å². The Morgan fingerprint density at radius 3 is 3.07 bits per heavy atom. The number of aromatic nitrogens is 2. The van der Waals surface area contributed by atoms with Crippen LogP contribution in [-0.4, -0.2) is 49.1 Å². The summed E-state index contributed by atoms with van der Waals surface area (Å²) in [5, 5.41) is 5.90. The van der Waals surface area contributed by atoms with Crippen molar-refractivity contribution in [2.75, 3.05) is 48.1 Å². The zero-order valence-electron chi connectivity index (χ0n) is 15.1. The molecule has 3 heterocycles. The summed E-state index contributed by atoms with van der Waals surface area (Å²) < 4.78 is 5.00. The number of carbonyl (C=O) groups is 2. The standard InChI is InChI=1S/C18H22N6O3/c1-27-8-6-20-15-9-16(21-10-14(15)19)23-18(26)24-7-2-3-12-4-5-13(11-25)22-17(12)24/h4-5,9-11H,2-3,6-8,19H2,1H3,(H2,20,21,23,26). The summed E-state index contributed by atoms with van der Waals surface area (Å²) in [6.45, 7) is 1.62. The summed E-state index contributed by atoms with van der Waals surface area (Å²) in [6.07, 6.45) is 3.79. The van der Waals surface area contributed by atoms with Crippen molar-refractivity contribution in [2.45, 2.75) is 12.8 Å². The quantitative estimate of drug-likeness (QED) is 0.524. The molecule has 142 valence electrons. The molecule has 0 atom stereocenters. The monoisotopic (exact) mass is 370 g/mol. The molecule has 2 aromatic heterocycles. The summed E-state index contributed by atoms with van der Waals surface area (Å²) in [4.78, 5) is 33.8. The zero-order valence-corrected chi connectivity index (χ0v) is 15.1. The van der Waals surface area contributed by atoms with Crippen LogP contribution in [0.25, 0.3) is 0 Å². The summed E-state index contributed by atoms with van der Waals surface area (Å²) in [5.41, 5.74) is 8.28. The molecule has 0 spiro atoms. The average Bonchev–Trinajstić information content (AvgIpc) is 2.69. The summed E-state index contributed by atoms with van der Waals surface area (Å²) in [5.74, 6) is 0.880. The second-order valence-electron chi connectivity index (χ2n) is 6.10. The normalized spacial score (nSPS) is 13.0. The largest absolute Gasteiger partial charge is 0.396 e. The number of urea groups is 1. The fourth-order valence-corrected chi connectivity index (χ4v) is 2.87. The number of amides is 2. The van der Waals surface area contributed by atoms with Gasteiger partial charge in [-0.25, -0.2) is 14.8 Å². The minimum atomic E-state index is -0.355. The van der Waals surface area contributed by atoms with Gasteiger partial charge in [0.1, 0.15) is 17.3 Å². The highest BCUT2D eigenvalue weighted by Gasteiger charge is 2.24. The van der Waals surface area contributed by atoms with Crippen LogP contribution in [0.15, 0.2) is 24.4 Å². The maximum Gasteiger partial charge on any atom is 0.328 e. The van der Waals surface area contributed by atoms with E-state index in [1.165, 1.54) is 11.1 Å². The van der Waals surface area contributed by atoms with Crippen LogP contribution in [0.5, 0.6) is 0 Å². The molecular weight excluding hydrogens is 348 g/mol. The lowest BCUT2D eigenvalue weighted by atomic mass is 10.1. The van der Waals surface area contributed by atoms with E-state index in [2.05, 4.69) is 20.6 Å². The van der Waals surface area contributed by atoms with Crippen molar-refractivity contribution in [1.82, 2.24) is 9.97 Å². The van der Waals surface area contributed by atoms with E-state index < -0.39 is 0 Å². The van der Waals surface area contributed by atoms with Gasteiger partial charge >= 0.3 is 6.03 Å². The van der Waals surface area contributed by atoms with E-state index in [4.69, 9.17) is 10.5 Å². The molecule has 3 rings (SSSR count). The van der Waals surface area contributed by atoms with Gasteiger partial charge in [0.15, 0.2) is 6.29 Å². The number of hydrogen-bond acceptors (Lipinski definition) is 7. The van der Waals surface area contributed by atoms with Crippen LogP contribution in [0.2, 0.25) is 0 Å². The molecular formula is C18H22N6O3. The Morgan fingerprint density at radius 2 is 2.30 bits per heavy atom. The Hall–Kier alpha value is -3.20. The van der Waals surface area contributed by atoms with Crippen LogP contribution >= 0.6 is 0 Å². The predicted molar refractivity (Wildman–Crippen MR) is 103 cm³/mol. The van der Waals surface area contributed by atoms with Crippen molar-refractivity contribution < 1.29 is 14.3 Å². The average molecular weight is 370 g/mol. The highest BCUT2D eigenvalue weighted by atomic mass is 16.5. The summed E-state index contributed by atoms with van der Waals surface area (Å²) in [7, 11) is 1.61. The fourth-order valence-electron chi connectivity index (χ4n) is 2.87. The van der Waals surface area contributed by atoms with Crippen molar-refractivity contribution in [2.24, 2.45) is 0 Å². The van der Waals surface area contributed by atoms with Gasteiger partial charge in [0, 0.05) is 26.3 Å². The lowest BCUT2D eigenvalue weighted by Gasteiger charge is -2.28. The van der Waals surface area contributed by atoms with E-state index >= 15 is 0 Å². The van der Waals surface area contributed by atoms with Gasteiger partial charge < -0.3 is 15.8 Å². The van der Waals surface area contributed by atoms with Crippen molar-refractivity contribution in [3.05, 3.63) is 35.7 Å². The van der Waals surface area contributed by atoms with Crippen LogP contribution in [0, 0.1) is 0 Å². The van der Waals surface area contributed by atoms with Gasteiger partial charge in [0.2, 0.25) is 0 Å². The number of nitrogen functional groups attached to an aromatic ring is 1. The van der Waals surface area contributed by atoms with Gasteiger partial charge in [-0.2, -0.15) is 0 Å². The summed E-state index contributed by atoms with van der Waals surface area (Å²) >= 11 is 0. The van der Waals surface area contributed by atoms with Crippen LogP contribution in [0.4, 0.5) is 27.8 Å². The minimum Gasteiger partial charge on any atom is -0.396 e. The van der Waals surface area contributed by atoms with Gasteiger partial charge in [-0.3, -0.25) is 15.0 Å². The van der Waals surface area contributed by atoms with Crippen molar-refractivity contribution >= 4 is 35.3 Å². The first kappa shape index (κ1) is 18.6. The number of aryl methyl sites for hydroxylation is 1. The molecule has 9 heteroatoms. The smallest absolute Gasteiger partial charge is 0.328 e. The number of pyridine rings is 2. The Kier molecular flexibility index (Phi) is 5.82. The number of nitrogens with zero attached hydrogens (tertiary/aromatic N) is 3. The number of methoxy groups -OCH3 is 1. The van der Waals surface area contributed by atoms with Gasteiger partial charge in [0.25, 0.3) is 0 Å². The van der Waals surface area contributed by atoms with Crippen molar-refractivity contribution in [3.8, 4) is 0 Å². The molecule has 0 fully saturated rings. The summed E-state index contributed by atoms with van der Waals surface area (Å²) in [6, 6.07) is 4.81. The first-order valence-electron chi connectivity index (χ1n) is 8.64. The molecule has 0 unspecified atom stereocenters. The molecule has 27 heavy (non-hydrogen) atoms. The molecule has 2 amide bonds. The molecule has 0 aliphatic carbocycles. The molecule has 4 N–H and O–H groups in total. The topological polar surface area (TPSA) is 122 Å². The lowest BCUT2D eigenvalue weighted by Crippen LogP contribution is -2.39. The molecule has 1 aliphatic rings. The molecule has 1 aliphatic heterocycles. The number of nitrogens with two attached hydrogens (primary N) is 1. The molecule has 9 nitrogen and oxygen atoms in total. The number of hydrogen-bond donors (Lipinski definition) is 3. The zero-order chi connectivity index (χ0) is 19.2. The Balaban J connectivity index is 1.76. The van der Waals surface area contributed by atoms with Crippen molar-refractivity contribution in [3.63, 3.8) is 0 Å². The van der Waals surface area contributed by atoms with Crippen LogP contribution < -0.4 is 21.3 Å². The first-order chi connectivity index (χ1) is 13.1. The van der Waals surface area contributed by atoms with E-state index in [0.29, 0.717) is 54.7 Å². The van der Waals surface area contributed by atoms with Gasteiger partial charge in [0.05, 0.1) is 24.2 Å². The third-order valence-corrected chi connectivity index (χ3v) is 4.22. The second-order valence-corrected chi connectivity index (χ2v) is 6.10. The number of ether oxygens (including phenoxy) is 1. The van der Waals surface area contributed by atoms with Gasteiger partial charge in [-0.1, -0.05) is 6.07 Å². The van der Waals surface area contributed by atoms with Crippen LogP contribution in [0.1, 0.15) is 22.5 Å². The number of anilines is 4. The van der Waals surface area contributed by atoms with E-state index in [1.807, 2.05) is 6.07 Å². The molecule has 0 bridgehead atoms. The molecule has 0 radical (unpaired) electrons. The molecule has 0 saturated carbocycles. The molecule has 0 aromatic carbocycles. The van der Waals surface area contributed by atoms with E-state index in [1.54, 1.807) is 19.2 Å². The van der Waals surface area contributed by atoms with Gasteiger partial charge in [-0.15, -0.1) is 0 Å². The number of rotatable bonds is 6. The lowest BCUT2D eigenvalue weighted by molar-refractivity contribution is 0.111. The maximum atomic E-state index is 12.8. The minimum absolute atomic E-state index is 0.295. The van der Waals surface area contributed by atoms with E-state index in [9.17, 15) is 9.59 Å². The highest BCUT2D eigenvalue weighted by molar-refractivity contribution is 6.01. The third kappa shape index (κ3) is 4.32. The first-order valence-corrected chi connectivity index (χ1v) is 8.64. The number of fused-ring (bicyclic) bond motifs is 1. The Morgan fingerprint density at radius 1 is 1.44 bits per heavy atom. The molecule has 2 aromatic rings. The molecule has 0 saturated heterocycles. The SMILES string of the molecule is COCCNc1cc(NC(=O)N2CCCc3ccc(C=O)nc32)ncc1N. The number of carbonyl (C=O) groups excluding carboxylic acids is 2. The predicted octanol–water partition coefficient (Wildman–Crippen LogP) is 1.91. The Bertz CT molecular complexity index is 842. The van der Waals surface area contributed by atoms with Crippen molar-refractivity contribution in [1.29, 1.82) is 0 Å². The van der Waals surface area contributed by atoms with Crippen LogP contribution in [0.3, 0.4) is 0 Å². The maximum absolute atomic E-state index is 12.8. The second kappa shape index (κ2) is 8.45. The van der Waals surface area contributed by atoms with Gasteiger partial charge in [-0.05, 0) is 24.5 Å². The fraction of sp³-hybridized carbons (Fsp3) is 0.333.